The fraction of sp³-hybridized carbons (Fsp3) is 0.881. The van der Waals surface area contributed by atoms with Gasteiger partial charge in [0.2, 0.25) is 17.7 Å². The van der Waals surface area contributed by atoms with Gasteiger partial charge in [-0.25, -0.2) is 4.79 Å². The van der Waals surface area contributed by atoms with E-state index in [0.717, 1.165) is 64.2 Å². The number of ether oxygens (including phenoxy) is 1. The van der Waals surface area contributed by atoms with Gasteiger partial charge < -0.3 is 36.0 Å². The molecule has 3 aliphatic rings. The maximum absolute atomic E-state index is 15.1. The molecule has 54 heavy (non-hydrogen) atoms. The molecule has 3 fully saturated rings. The monoisotopic (exact) mass is 762 g/mol. The van der Waals surface area contributed by atoms with Crippen LogP contribution >= 0.6 is 0 Å². The van der Waals surface area contributed by atoms with Gasteiger partial charge in [0.15, 0.2) is 6.10 Å². The van der Waals surface area contributed by atoms with E-state index in [0.29, 0.717) is 19.3 Å². The van der Waals surface area contributed by atoms with E-state index in [1.54, 1.807) is 25.7 Å². The first kappa shape index (κ1) is 45.5. The molecule has 0 radical (unpaired) electrons. The molecule has 0 heterocycles. The number of carbonyl (C=O) groups excluding carboxylic acids is 5. The van der Waals surface area contributed by atoms with E-state index in [9.17, 15) is 24.3 Å². The number of aliphatic hydroxyl groups is 1. The number of hydrogen-bond acceptors (Lipinski definition) is 7. The Kier molecular flexibility index (Phi) is 15.9. The summed E-state index contributed by atoms with van der Waals surface area (Å²) >= 11 is 0. The molecule has 0 aliphatic heterocycles. The molecule has 310 valence electrons. The molecule has 0 spiro atoms. The van der Waals surface area contributed by atoms with Gasteiger partial charge >= 0.3 is 6.09 Å². The number of nitrogens with one attached hydrogen (secondary N) is 4. The lowest BCUT2D eigenvalue weighted by atomic mass is 9.54. The molecule has 0 aromatic carbocycles. The van der Waals surface area contributed by atoms with E-state index in [4.69, 9.17) is 4.74 Å². The first-order valence-electron chi connectivity index (χ1n) is 20.9. The lowest BCUT2D eigenvalue weighted by Crippen LogP contribution is -2.63. The second-order valence-corrected chi connectivity index (χ2v) is 19.5. The van der Waals surface area contributed by atoms with Crippen LogP contribution in [0.5, 0.6) is 0 Å². The van der Waals surface area contributed by atoms with Gasteiger partial charge in [0.05, 0.1) is 6.04 Å². The molecule has 3 saturated carbocycles. The Hall–Kier alpha value is -2.89. The summed E-state index contributed by atoms with van der Waals surface area (Å²) in [4.78, 5) is 71.2. The van der Waals surface area contributed by atoms with Gasteiger partial charge in [-0.1, -0.05) is 87.5 Å². The van der Waals surface area contributed by atoms with Gasteiger partial charge in [0.25, 0.3) is 5.91 Å². The van der Waals surface area contributed by atoms with Crippen LogP contribution in [0.1, 0.15) is 166 Å². The summed E-state index contributed by atoms with van der Waals surface area (Å²) in [6, 6.07) is -3.61. The summed E-state index contributed by atoms with van der Waals surface area (Å²) in [7, 11) is 0. The molecule has 5 N–H and O–H groups in total. The Balaban J connectivity index is 1.96. The van der Waals surface area contributed by atoms with Crippen molar-refractivity contribution in [3.8, 4) is 0 Å². The van der Waals surface area contributed by atoms with Crippen LogP contribution in [-0.4, -0.2) is 88.2 Å². The van der Waals surface area contributed by atoms with Gasteiger partial charge in [-0.05, 0) is 101 Å². The Bertz CT molecular complexity index is 1290. The van der Waals surface area contributed by atoms with Crippen LogP contribution in [0.2, 0.25) is 0 Å². The summed E-state index contributed by atoms with van der Waals surface area (Å²) in [5.41, 5.74) is -1.55. The van der Waals surface area contributed by atoms with E-state index in [2.05, 4.69) is 42.0 Å². The first-order chi connectivity index (χ1) is 25.0. The maximum atomic E-state index is 15.1. The molecule has 12 heteroatoms. The summed E-state index contributed by atoms with van der Waals surface area (Å²) in [5.74, 6) is -1.90. The highest BCUT2D eigenvalue weighted by Gasteiger charge is 2.47. The van der Waals surface area contributed by atoms with E-state index in [1.165, 1.54) is 0 Å². The topological polar surface area (TPSA) is 166 Å². The Morgan fingerprint density at radius 1 is 0.815 bits per heavy atom. The van der Waals surface area contributed by atoms with Crippen LogP contribution in [0, 0.1) is 22.2 Å². The zero-order valence-electron chi connectivity index (χ0n) is 35.5. The molecule has 0 bridgehead atoms. The Labute approximate surface area is 325 Å². The van der Waals surface area contributed by atoms with Crippen molar-refractivity contribution in [1.29, 1.82) is 0 Å². The van der Waals surface area contributed by atoms with Crippen molar-refractivity contribution in [2.75, 3.05) is 6.54 Å². The second kappa shape index (κ2) is 18.8. The fourth-order valence-corrected chi connectivity index (χ4v) is 7.99. The van der Waals surface area contributed by atoms with Crippen LogP contribution in [0.3, 0.4) is 0 Å². The molecule has 2 unspecified atom stereocenters. The van der Waals surface area contributed by atoms with Gasteiger partial charge in [0.1, 0.15) is 23.7 Å². The van der Waals surface area contributed by atoms with Crippen molar-refractivity contribution in [3.63, 3.8) is 0 Å². The zero-order chi connectivity index (χ0) is 40.6. The van der Waals surface area contributed by atoms with Crippen LogP contribution < -0.4 is 21.3 Å². The molecular formula is C42H75N5O7. The molecular weight excluding hydrogens is 686 g/mol. The third kappa shape index (κ3) is 12.6. The quantitative estimate of drug-likeness (QED) is 0.112. The predicted octanol–water partition coefficient (Wildman–Crippen LogP) is 6.13. The highest BCUT2D eigenvalue weighted by atomic mass is 16.6. The third-order valence-corrected chi connectivity index (χ3v) is 12.4. The maximum Gasteiger partial charge on any atom is 0.408 e. The van der Waals surface area contributed by atoms with Crippen molar-refractivity contribution in [1.82, 2.24) is 26.2 Å². The fourth-order valence-electron chi connectivity index (χ4n) is 7.99. The predicted molar refractivity (Wildman–Crippen MR) is 211 cm³/mol. The zero-order valence-corrected chi connectivity index (χ0v) is 35.5. The number of alkyl carbamates (subject to hydrolysis) is 1. The first-order valence-corrected chi connectivity index (χ1v) is 20.9. The number of hydrogen-bond donors (Lipinski definition) is 5. The minimum atomic E-state index is -1.43. The van der Waals surface area contributed by atoms with Crippen LogP contribution in [0.25, 0.3) is 0 Å². The SMILES string of the molecule is CCCC(NC(=O)[C@H](CC)N(CCC(C)(C)C1(C)CCC1)C(=O)[C@@H](NC(=O)[C@@H](NC(=O)OC(C)(C)C)C1CCCCC1)C(C)(C)C)C(O)C(=O)NC1CC1. The Morgan fingerprint density at radius 2 is 1.43 bits per heavy atom. The summed E-state index contributed by atoms with van der Waals surface area (Å²) < 4.78 is 5.55. The minimum absolute atomic E-state index is 0.0594. The van der Waals surface area contributed by atoms with Gasteiger partial charge in [0, 0.05) is 12.6 Å². The summed E-state index contributed by atoms with van der Waals surface area (Å²) in [6.45, 7) is 21.8. The molecule has 3 rings (SSSR count). The van der Waals surface area contributed by atoms with Crippen LogP contribution in [0.15, 0.2) is 0 Å². The molecule has 12 nitrogen and oxygen atoms in total. The largest absolute Gasteiger partial charge is 0.444 e. The van der Waals surface area contributed by atoms with E-state index in [1.807, 2.05) is 34.6 Å². The van der Waals surface area contributed by atoms with Crippen molar-refractivity contribution in [3.05, 3.63) is 0 Å². The van der Waals surface area contributed by atoms with E-state index >= 15 is 4.79 Å². The minimum Gasteiger partial charge on any atom is -0.444 e. The smallest absolute Gasteiger partial charge is 0.408 e. The van der Waals surface area contributed by atoms with Crippen LogP contribution in [0.4, 0.5) is 4.79 Å². The Morgan fingerprint density at radius 3 is 1.91 bits per heavy atom. The summed E-state index contributed by atoms with van der Waals surface area (Å²) in [5, 5.41) is 22.8. The number of nitrogens with zero attached hydrogens (tertiary/aromatic N) is 1. The second-order valence-electron chi connectivity index (χ2n) is 19.5. The average Bonchev–Trinajstić information content (AvgIpc) is 3.88. The van der Waals surface area contributed by atoms with Crippen molar-refractivity contribution < 1.29 is 33.8 Å². The third-order valence-electron chi connectivity index (χ3n) is 12.4. The van der Waals surface area contributed by atoms with Crippen molar-refractivity contribution >= 4 is 29.7 Å². The van der Waals surface area contributed by atoms with Crippen molar-refractivity contribution in [2.45, 2.75) is 208 Å². The van der Waals surface area contributed by atoms with Gasteiger partial charge in [-0.2, -0.15) is 0 Å². The summed E-state index contributed by atoms with van der Waals surface area (Å²) in [6.07, 6.45) is 9.41. The normalized spacial score (nSPS) is 20.6. The van der Waals surface area contributed by atoms with E-state index < -0.39 is 65.1 Å². The molecule has 3 aliphatic carbocycles. The lowest BCUT2D eigenvalue weighted by molar-refractivity contribution is -0.148. The highest BCUT2D eigenvalue weighted by Crippen LogP contribution is 2.55. The van der Waals surface area contributed by atoms with Crippen molar-refractivity contribution in [2.24, 2.45) is 22.2 Å². The number of rotatable bonds is 18. The van der Waals surface area contributed by atoms with E-state index in [-0.39, 0.29) is 41.7 Å². The highest BCUT2D eigenvalue weighted by molar-refractivity contribution is 5.95. The molecule has 0 aromatic rings. The van der Waals surface area contributed by atoms with Crippen LogP contribution in [-0.2, 0) is 23.9 Å². The van der Waals surface area contributed by atoms with Gasteiger partial charge in [-0.15, -0.1) is 0 Å². The average molecular weight is 762 g/mol. The lowest BCUT2D eigenvalue weighted by Gasteiger charge is -2.52. The molecule has 5 atom stereocenters. The van der Waals surface area contributed by atoms with Gasteiger partial charge in [-0.3, -0.25) is 19.2 Å². The molecule has 5 amide bonds. The number of carbonyl (C=O) groups is 5. The number of aliphatic hydroxyl groups excluding tert-OH is 1. The number of amides is 5. The molecule has 0 saturated heterocycles. The standard InChI is InChI=1S/C42H75N5O7/c1-12-18-29(32(48)36(51)43-28-21-22-28)44-34(49)30(13-2)47(26-25-41(9,10)42(11)23-17-24-42)37(52)33(39(3,4)5)46-35(50)31(27-19-15-14-16-20-27)45-38(53)54-40(6,7)8/h27-33,48H,12-26H2,1-11H3,(H,43,51)(H,44,49)(H,45,53)(H,46,50)/t29?,30-,31-,32?,33+/m0/s1. The molecule has 0 aromatic heterocycles.